The number of nitrogens with zero attached hydrogens (tertiary/aromatic N) is 4. The summed E-state index contributed by atoms with van der Waals surface area (Å²) in [4.78, 5) is 48.0. The van der Waals surface area contributed by atoms with Crippen molar-refractivity contribution in [1.82, 2.24) is 18.7 Å². The third kappa shape index (κ3) is 5.65. The van der Waals surface area contributed by atoms with Crippen LogP contribution in [-0.2, 0) is 29.2 Å². The van der Waals surface area contributed by atoms with Gasteiger partial charge in [-0.1, -0.05) is 11.8 Å². The number of aromatic nitrogens is 4. The van der Waals surface area contributed by atoms with E-state index in [0.717, 1.165) is 4.57 Å². The first kappa shape index (κ1) is 25.8. The molecule has 0 fully saturated rings. The molecule has 0 atom stereocenters. The first-order chi connectivity index (χ1) is 16.6. The van der Waals surface area contributed by atoms with E-state index in [1.807, 2.05) is 0 Å². The van der Waals surface area contributed by atoms with Crippen molar-refractivity contribution in [2.75, 3.05) is 20.8 Å². The third-order valence-electron chi connectivity index (χ3n) is 4.98. The summed E-state index contributed by atoms with van der Waals surface area (Å²) in [5, 5.41) is 0. The van der Waals surface area contributed by atoms with Crippen LogP contribution >= 0.6 is 7.82 Å². The van der Waals surface area contributed by atoms with Crippen LogP contribution < -0.4 is 20.7 Å². The lowest BCUT2D eigenvalue weighted by Gasteiger charge is -2.10. The molecule has 0 unspecified atom stereocenters. The summed E-state index contributed by atoms with van der Waals surface area (Å²) in [6.07, 6.45) is 5.40. The molecule has 0 bridgehead atoms. The second-order valence-electron chi connectivity index (χ2n) is 7.19. The van der Waals surface area contributed by atoms with Crippen LogP contribution in [0.15, 0.2) is 27.8 Å². The summed E-state index contributed by atoms with van der Waals surface area (Å²) in [5.74, 6) is 9.37. The number of ether oxygens (including phenoxy) is 2. The fourth-order valence-corrected chi connectivity index (χ4v) is 3.72. The van der Waals surface area contributed by atoms with Gasteiger partial charge >= 0.3 is 13.5 Å². The molecule has 35 heavy (non-hydrogen) atoms. The number of aryl methyl sites for hydroxylation is 2. The SMILES string of the molecule is C#CCn1c(=O)c2c(nc(C#Cc3ccc(OC)c(OC)c3)n2C)n(CCCOP(=O)(O)O)c1=O. The van der Waals surface area contributed by atoms with Crippen LogP contribution in [0.3, 0.4) is 0 Å². The molecule has 0 aliphatic heterocycles. The van der Waals surface area contributed by atoms with Crippen molar-refractivity contribution in [3.05, 3.63) is 50.4 Å². The Labute approximate surface area is 199 Å². The Morgan fingerprint density at radius 1 is 1.11 bits per heavy atom. The summed E-state index contributed by atoms with van der Waals surface area (Å²) < 4.78 is 29.4. The molecule has 12 nitrogen and oxygen atoms in total. The normalized spacial score (nSPS) is 11.1. The van der Waals surface area contributed by atoms with Crippen LogP contribution in [0.4, 0.5) is 0 Å². The predicted molar refractivity (Wildman–Crippen MR) is 126 cm³/mol. The standard InChI is InChI=1S/C22H23N4O8P/c1-5-11-26-21(27)19-20(25(22(26)28)12-6-13-34-35(29,30)31)23-18(24(19)2)10-8-15-7-9-16(32-3)17(14-15)33-4/h1,7,9,14H,6,11-13H2,2-4H3,(H2,29,30,31). The number of phosphoric ester groups is 1. The van der Waals surface area contributed by atoms with Crippen molar-refractivity contribution in [2.24, 2.45) is 7.05 Å². The molecule has 0 aliphatic rings. The van der Waals surface area contributed by atoms with E-state index in [2.05, 4.69) is 27.3 Å². The summed E-state index contributed by atoms with van der Waals surface area (Å²) in [6, 6.07) is 5.12. The number of fused-ring (bicyclic) bond motifs is 1. The maximum absolute atomic E-state index is 13.0. The first-order valence-corrected chi connectivity index (χ1v) is 11.7. The first-order valence-electron chi connectivity index (χ1n) is 10.2. The Bertz CT molecular complexity index is 1530. The van der Waals surface area contributed by atoms with E-state index in [1.165, 1.54) is 23.4 Å². The number of benzene rings is 1. The third-order valence-corrected chi connectivity index (χ3v) is 5.50. The average Bonchev–Trinajstić information content (AvgIpc) is 3.14. The highest BCUT2D eigenvalue weighted by Gasteiger charge is 2.20. The molecule has 0 aliphatic carbocycles. The van der Waals surface area contributed by atoms with Crippen LogP contribution in [0, 0.1) is 24.2 Å². The second-order valence-corrected chi connectivity index (χ2v) is 8.43. The molecular formula is C22H23N4O8P. The quantitative estimate of drug-likeness (QED) is 0.255. The highest BCUT2D eigenvalue weighted by Crippen LogP contribution is 2.35. The lowest BCUT2D eigenvalue weighted by molar-refractivity contribution is 0.192. The molecule has 13 heteroatoms. The van der Waals surface area contributed by atoms with Gasteiger partial charge in [0.1, 0.15) is 0 Å². The Hall–Kier alpha value is -3.80. The van der Waals surface area contributed by atoms with Gasteiger partial charge < -0.3 is 23.8 Å². The van der Waals surface area contributed by atoms with Crippen LogP contribution in [0.5, 0.6) is 11.5 Å². The van der Waals surface area contributed by atoms with Crippen molar-refractivity contribution in [3.8, 4) is 35.7 Å². The predicted octanol–water partition coefficient (Wildman–Crippen LogP) is 0.446. The monoisotopic (exact) mass is 502 g/mol. The van der Waals surface area contributed by atoms with Crippen molar-refractivity contribution >= 4 is 19.0 Å². The van der Waals surface area contributed by atoms with Gasteiger partial charge in [-0.2, -0.15) is 0 Å². The van der Waals surface area contributed by atoms with Crippen molar-refractivity contribution in [2.45, 2.75) is 19.5 Å². The molecule has 0 radical (unpaired) electrons. The molecule has 3 aromatic rings. The largest absolute Gasteiger partial charge is 0.493 e. The Balaban J connectivity index is 2.09. The molecule has 2 aromatic heterocycles. The van der Waals surface area contributed by atoms with E-state index in [9.17, 15) is 14.2 Å². The molecule has 2 heterocycles. The average molecular weight is 502 g/mol. The Morgan fingerprint density at radius 3 is 2.46 bits per heavy atom. The maximum atomic E-state index is 13.0. The number of rotatable bonds is 8. The number of phosphoric acid groups is 1. The van der Waals surface area contributed by atoms with Gasteiger partial charge in [-0.3, -0.25) is 13.9 Å². The molecule has 1 aromatic carbocycles. The van der Waals surface area contributed by atoms with E-state index in [-0.39, 0.29) is 43.1 Å². The van der Waals surface area contributed by atoms with E-state index < -0.39 is 19.1 Å². The zero-order valence-electron chi connectivity index (χ0n) is 19.2. The fraction of sp³-hybridized carbons (Fsp3) is 0.318. The second kappa shape index (κ2) is 10.6. The Morgan fingerprint density at radius 2 is 1.83 bits per heavy atom. The summed E-state index contributed by atoms with van der Waals surface area (Å²) >= 11 is 0. The van der Waals surface area contributed by atoms with Crippen LogP contribution in [0.1, 0.15) is 17.8 Å². The lowest BCUT2D eigenvalue weighted by Crippen LogP contribution is -2.40. The minimum atomic E-state index is -4.65. The summed E-state index contributed by atoms with van der Waals surface area (Å²) in [5.41, 5.74) is -0.545. The van der Waals surface area contributed by atoms with Crippen molar-refractivity contribution in [3.63, 3.8) is 0 Å². The van der Waals surface area contributed by atoms with Gasteiger partial charge in [-0.05, 0) is 30.5 Å². The van der Waals surface area contributed by atoms with Gasteiger partial charge in [-0.25, -0.2) is 18.9 Å². The molecule has 2 N–H and O–H groups in total. The number of hydrogen-bond donors (Lipinski definition) is 2. The highest BCUT2D eigenvalue weighted by atomic mass is 31.2. The van der Waals surface area contributed by atoms with E-state index in [1.54, 1.807) is 25.2 Å². The van der Waals surface area contributed by atoms with Crippen LogP contribution in [0.2, 0.25) is 0 Å². The fourth-order valence-electron chi connectivity index (χ4n) is 3.35. The lowest BCUT2D eigenvalue weighted by atomic mass is 10.2. The van der Waals surface area contributed by atoms with Gasteiger partial charge in [-0.15, -0.1) is 6.42 Å². The molecular weight excluding hydrogens is 479 g/mol. The molecule has 0 saturated heterocycles. The van der Waals surface area contributed by atoms with Gasteiger partial charge in [0.15, 0.2) is 28.5 Å². The Kier molecular flexibility index (Phi) is 7.85. The zero-order valence-corrected chi connectivity index (χ0v) is 20.1. The van der Waals surface area contributed by atoms with Crippen molar-refractivity contribution < 1.29 is 28.3 Å². The van der Waals surface area contributed by atoms with E-state index in [0.29, 0.717) is 17.1 Å². The molecule has 0 saturated carbocycles. The zero-order chi connectivity index (χ0) is 25.8. The maximum Gasteiger partial charge on any atom is 0.469 e. The van der Waals surface area contributed by atoms with Crippen molar-refractivity contribution in [1.29, 1.82) is 0 Å². The minimum Gasteiger partial charge on any atom is -0.493 e. The van der Waals surface area contributed by atoms with E-state index in [4.69, 9.17) is 25.7 Å². The summed E-state index contributed by atoms with van der Waals surface area (Å²) in [6.45, 7) is -0.602. The number of imidazole rings is 1. The minimum absolute atomic E-state index is 0.0280. The van der Waals surface area contributed by atoms with Crippen LogP contribution in [0.25, 0.3) is 11.2 Å². The van der Waals surface area contributed by atoms with Gasteiger partial charge in [0.25, 0.3) is 5.56 Å². The van der Waals surface area contributed by atoms with Gasteiger partial charge in [0.05, 0.1) is 27.4 Å². The smallest absolute Gasteiger partial charge is 0.469 e. The number of hydrogen-bond acceptors (Lipinski definition) is 7. The molecule has 0 spiro atoms. The highest BCUT2D eigenvalue weighted by molar-refractivity contribution is 7.46. The van der Waals surface area contributed by atoms with Gasteiger partial charge in [0, 0.05) is 19.2 Å². The van der Waals surface area contributed by atoms with Crippen LogP contribution in [-0.4, -0.2) is 49.3 Å². The van der Waals surface area contributed by atoms with Gasteiger partial charge in [0.2, 0.25) is 0 Å². The van der Waals surface area contributed by atoms with E-state index >= 15 is 0 Å². The topological polar surface area (TPSA) is 147 Å². The molecule has 0 amide bonds. The number of methoxy groups -OCH3 is 2. The summed E-state index contributed by atoms with van der Waals surface area (Å²) in [7, 11) is -0.0404. The number of terminal acetylenes is 1. The molecule has 184 valence electrons. The molecule has 3 rings (SSSR count).